The van der Waals surface area contributed by atoms with Gasteiger partial charge in [0.05, 0.1) is 0 Å². The highest BCUT2D eigenvalue weighted by molar-refractivity contribution is 4.88. The van der Waals surface area contributed by atoms with Gasteiger partial charge in [0.1, 0.15) is 0 Å². The van der Waals surface area contributed by atoms with E-state index >= 15 is 0 Å². The molecule has 1 aliphatic carbocycles. The Morgan fingerprint density at radius 1 is 1.09 bits per heavy atom. The Labute approximate surface area is 69.6 Å². The van der Waals surface area contributed by atoms with E-state index in [1.165, 1.54) is 38.6 Å². The number of hydrogen-bond acceptors (Lipinski definition) is 1. The molecule has 11 heavy (non-hydrogen) atoms. The molecule has 1 heteroatoms. The largest absolute Gasteiger partial charge is 0.313 e. The molecule has 2 fully saturated rings. The number of fused-ring (bicyclic) bond motifs is 1. The lowest BCUT2D eigenvalue weighted by molar-refractivity contribution is 0.157. The fourth-order valence-electron chi connectivity index (χ4n) is 2.85. The molecule has 0 unspecified atom stereocenters. The van der Waals surface area contributed by atoms with Crippen LogP contribution in [0, 0.1) is 11.8 Å². The van der Waals surface area contributed by atoms with E-state index in [-0.39, 0.29) is 0 Å². The fourth-order valence-corrected chi connectivity index (χ4v) is 2.85. The summed E-state index contributed by atoms with van der Waals surface area (Å²) in [6, 6.07) is 0.873. The van der Waals surface area contributed by atoms with Crippen LogP contribution in [0.4, 0.5) is 0 Å². The third-order valence-electron chi connectivity index (χ3n) is 3.49. The molecule has 0 spiro atoms. The predicted octanol–water partition coefficient (Wildman–Crippen LogP) is 2.17. The van der Waals surface area contributed by atoms with Crippen LogP contribution in [0.5, 0.6) is 0 Å². The number of piperidine rings is 1. The summed E-state index contributed by atoms with van der Waals surface area (Å²) in [5, 5.41) is 3.67. The van der Waals surface area contributed by atoms with E-state index in [4.69, 9.17) is 0 Å². The summed E-state index contributed by atoms with van der Waals surface area (Å²) in [6.07, 6.45) is 7.32. The molecule has 0 radical (unpaired) electrons. The SMILES string of the molecule is C[C@@H]1CCC[C@H]2CCCN[C@@H]21. The summed E-state index contributed by atoms with van der Waals surface area (Å²) in [7, 11) is 0. The van der Waals surface area contributed by atoms with Crippen LogP contribution in [0.15, 0.2) is 0 Å². The normalized spacial score (nSPS) is 45.0. The third-order valence-corrected chi connectivity index (χ3v) is 3.49. The maximum absolute atomic E-state index is 3.67. The van der Waals surface area contributed by atoms with Crippen LogP contribution >= 0.6 is 0 Å². The van der Waals surface area contributed by atoms with Crippen LogP contribution in [0.1, 0.15) is 39.0 Å². The van der Waals surface area contributed by atoms with Crippen LogP contribution < -0.4 is 5.32 Å². The van der Waals surface area contributed by atoms with Crippen molar-refractivity contribution in [3.8, 4) is 0 Å². The van der Waals surface area contributed by atoms with Crippen molar-refractivity contribution < 1.29 is 0 Å². The van der Waals surface area contributed by atoms with E-state index in [1.54, 1.807) is 0 Å². The topological polar surface area (TPSA) is 12.0 Å². The average Bonchev–Trinajstić information content (AvgIpc) is 2.06. The van der Waals surface area contributed by atoms with Crippen LogP contribution in [-0.4, -0.2) is 12.6 Å². The average molecular weight is 153 g/mol. The molecule has 1 N–H and O–H groups in total. The lowest BCUT2D eigenvalue weighted by Crippen LogP contribution is -2.47. The fraction of sp³-hybridized carbons (Fsp3) is 1.00. The first-order valence-electron chi connectivity index (χ1n) is 5.11. The van der Waals surface area contributed by atoms with Crippen molar-refractivity contribution in [2.75, 3.05) is 6.54 Å². The monoisotopic (exact) mass is 153 g/mol. The molecule has 0 aromatic carbocycles. The Balaban J connectivity index is 1.99. The van der Waals surface area contributed by atoms with Crippen LogP contribution in [0.2, 0.25) is 0 Å². The predicted molar refractivity (Wildman–Crippen MR) is 47.5 cm³/mol. The smallest absolute Gasteiger partial charge is 0.0121 e. The van der Waals surface area contributed by atoms with Gasteiger partial charge in [-0.15, -0.1) is 0 Å². The van der Waals surface area contributed by atoms with Gasteiger partial charge in [-0.25, -0.2) is 0 Å². The summed E-state index contributed by atoms with van der Waals surface area (Å²) in [6.45, 7) is 3.68. The second-order valence-corrected chi connectivity index (χ2v) is 4.29. The summed E-state index contributed by atoms with van der Waals surface area (Å²) in [4.78, 5) is 0. The van der Waals surface area contributed by atoms with Crippen LogP contribution in [0.3, 0.4) is 0 Å². The minimum absolute atomic E-state index is 0.873. The quantitative estimate of drug-likeness (QED) is 0.562. The van der Waals surface area contributed by atoms with Crippen molar-refractivity contribution >= 4 is 0 Å². The Bertz CT molecular complexity index is 131. The highest BCUT2D eigenvalue weighted by Gasteiger charge is 2.31. The molecule has 0 aromatic rings. The molecule has 2 rings (SSSR count). The molecular weight excluding hydrogens is 134 g/mol. The highest BCUT2D eigenvalue weighted by Crippen LogP contribution is 2.33. The number of hydrogen-bond donors (Lipinski definition) is 1. The Kier molecular flexibility index (Phi) is 2.17. The van der Waals surface area contributed by atoms with E-state index in [0.717, 1.165) is 17.9 Å². The Morgan fingerprint density at radius 2 is 1.91 bits per heavy atom. The second kappa shape index (κ2) is 3.14. The highest BCUT2D eigenvalue weighted by atomic mass is 14.9. The van der Waals surface area contributed by atoms with Crippen molar-refractivity contribution in [3.05, 3.63) is 0 Å². The molecule has 0 aromatic heterocycles. The van der Waals surface area contributed by atoms with Crippen molar-refractivity contribution in [2.45, 2.75) is 45.1 Å². The summed E-state index contributed by atoms with van der Waals surface area (Å²) in [5.41, 5.74) is 0. The lowest BCUT2D eigenvalue weighted by Gasteiger charge is -2.40. The van der Waals surface area contributed by atoms with Crippen LogP contribution in [-0.2, 0) is 0 Å². The molecule has 1 saturated carbocycles. The molecule has 0 amide bonds. The molecule has 2 aliphatic rings. The van der Waals surface area contributed by atoms with E-state index in [9.17, 15) is 0 Å². The molecule has 0 bridgehead atoms. The summed E-state index contributed by atoms with van der Waals surface area (Å²) in [5.74, 6) is 1.96. The van der Waals surface area contributed by atoms with Gasteiger partial charge in [0.15, 0.2) is 0 Å². The van der Waals surface area contributed by atoms with E-state index in [0.29, 0.717) is 0 Å². The molecule has 1 nitrogen and oxygen atoms in total. The summed E-state index contributed by atoms with van der Waals surface area (Å²) < 4.78 is 0. The van der Waals surface area contributed by atoms with Gasteiger partial charge in [-0.2, -0.15) is 0 Å². The zero-order valence-electron chi connectivity index (χ0n) is 7.47. The zero-order valence-corrected chi connectivity index (χ0v) is 7.47. The van der Waals surface area contributed by atoms with Gasteiger partial charge in [-0.1, -0.05) is 13.3 Å². The van der Waals surface area contributed by atoms with Crippen molar-refractivity contribution in [1.29, 1.82) is 0 Å². The Morgan fingerprint density at radius 3 is 2.73 bits per heavy atom. The number of rotatable bonds is 0. The first kappa shape index (κ1) is 7.60. The Hall–Kier alpha value is -0.0400. The van der Waals surface area contributed by atoms with Gasteiger partial charge in [0.25, 0.3) is 0 Å². The molecule has 1 heterocycles. The van der Waals surface area contributed by atoms with Gasteiger partial charge in [0.2, 0.25) is 0 Å². The maximum Gasteiger partial charge on any atom is 0.0121 e. The minimum atomic E-state index is 0.873. The third kappa shape index (κ3) is 1.44. The molecular formula is C10H19N. The van der Waals surface area contributed by atoms with Gasteiger partial charge in [-0.05, 0) is 44.1 Å². The first-order valence-corrected chi connectivity index (χ1v) is 5.11. The van der Waals surface area contributed by atoms with Gasteiger partial charge in [0, 0.05) is 6.04 Å². The minimum Gasteiger partial charge on any atom is -0.313 e. The van der Waals surface area contributed by atoms with E-state index in [1.807, 2.05) is 0 Å². The molecule has 3 atom stereocenters. The summed E-state index contributed by atoms with van der Waals surface area (Å²) >= 11 is 0. The lowest BCUT2D eigenvalue weighted by atomic mass is 9.74. The molecule has 1 saturated heterocycles. The maximum atomic E-state index is 3.67. The standard InChI is InChI=1S/C10H19N/c1-8-4-2-5-9-6-3-7-11-10(8)9/h8-11H,2-7H2,1H3/t8-,9+,10-/m1/s1. The first-order chi connectivity index (χ1) is 5.38. The molecule has 64 valence electrons. The van der Waals surface area contributed by atoms with Crippen molar-refractivity contribution in [1.82, 2.24) is 5.32 Å². The second-order valence-electron chi connectivity index (χ2n) is 4.29. The van der Waals surface area contributed by atoms with Gasteiger partial charge in [-0.3, -0.25) is 0 Å². The molecule has 1 aliphatic heterocycles. The van der Waals surface area contributed by atoms with Crippen molar-refractivity contribution in [2.24, 2.45) is 11.8 Å². The zero-order chi connectivity index (χ0) is 7.68. The van der Waals surface area contributed by atoms with Crippen molar-refractivity contribution in [3.63, 3.8) is 0 Å². The van der Waals surface area contributed by atoms with Crippen LogP contribution in [0.25, 0.3) is 0 Å². The van der Waals surface area contributed by atoms with E-state index < -0.39 is 0 Å². The van der Waals surface area contributed by atoms with Gasteiger partial charge >= 0.3 is 0 Å². The van der Waals surface area contributed by atoms with Gasteiger partial charge < -0.3 is 5.32 Å². The van der Waals surface area contributed by atoms with E-state index in [2.05, 4.69) is 12.2 Å². The number of nitrogens with one attached hydrogen (secondary N) is 1.